The molecule has 0 aliphatic carbocycles. The highest BCUT2D eigenvalue weighted by molar-refractivity contribution is 4.94. The third-order valence-electron chi connectivity index (χ3n) is 2.10. The van der Waals surface area contributed by atoms with Gasteiger partial charge in [0.25, 0.3) is 0 Å². The van der Waals surface area contributed by atoms with Crippen LogP contribution in [0.4, 0.5) is 0 Å². The van der Waals surface area contributed by atoms with Gasteiger partial charge in [0.2, 0.25) is 5.89 Å². The molecule has 0 aliphatic rings. The molecule has 16 heavy (non-hydrogen) atoms. The van der Waals surface area contributed by atoms with Crippen LogP contribution >= 0.6 is 0 Å². The van der Waals surface area contributed by atoms with Gasteiger partial charge in [-0.25, -0.2) is 4.68 Å². The lowest BCUT2D eigenvalue weighted by Crippen LogP contribution is -2.02. The molecule has 0 spiro atoms. The Morgan fingerprint density at radius 3 is 3.06 bits per heavy atom. The van der Waals surface area contributed by atoms with Crippen molar-refractivity contribution in [1.29, 1.82) is 0 Å². The van der Waals surface area contributed by atoms with E-state index in [4.69, 9.17) is 10.3 Å². The second-order valence-corrected chi connectivity index (χ2v) is 3.53. The molecule has 2 aromatic rings. The lowest BCUT2D eigenvalue weighted by Gasteiger charge is -1.92. The average molecular weight is 222 g/mol. The monoisotopic (exact) mass is 222 g/mol. The maximum absolute atomic E-state index is 5.42. The van der Waals surface area contributed by atoms with Crippen LogP contribution in [0.25, 0.3) is 0 Å². The van der Waals surface area contributed by atoms with Crippen LogP contribution in [0.5, 0.6) is 0 Å². The highest BCUT2D eigenvalue weighted by Gasteiger charge is 2.05. The largest absolute Gasteiger partial charge is 0.340 e. The first-order valence-electron chi connectivity index (χ1n) is 5.16. The summed E-state index contributed by atoms with van der Waals surface area (Å²) in [7, 11) is 0. The Morgan fingerprint density at radius 2 is 2.38 bits per heavy atom. The number of aryl methyl sites for hydroxylation is 2. The van der Waals surface area contributed by atoms with Gasteiger partial charge in [0.15, 0.2) is 5.82 Å². The van der Waals surface area contributed by atoms with Gasteiger partial charge in [0, 0.05) is 13.1 Å². The van der Waals surface area contributed by atoms with Crippen molar-refractivity contribution in [3.8, 4) is 0 Å². The first-order valence-corrected chi connectivity index (χ1v) is 5.16. The Morgan fingerprint density at radius 1 is 1.50 bits per heavy atom. The fourth-order valence-electron chi connectivity index (χ4n) is 1.36. The molecule has 2 heterocycles. The fraction of sp³-hybridized carbons (Fsp3) is 0.556. The standard InChI is InChI=1S/C9H14N6O/c1-7-11-9(13-16-7)6-15-5-8(12-14-15)3-2-4-10/h5H,2-4,6,10H2,1H3. The molecule has 0 radical (unpaired) electrons. The van der Waals surface area contributed by atoms with Gasteiger partial charge in [-0.1, -0.05) is 10.4 Å². The third-order valence-corrected chi connectivity index (χ3v) is 2.10. The summed E-state index contributed by atoms with van der Waals surface area (Å²) in [5.74, 6) is 1.16. The minimum absolute atomic E-state index is 0.479. The summed E-state index contributed by atoms with van der Waals surface area (Å²) in [6.45, 7) is 2.90. The van der Waals surface area contributed by atoms with Gasteiger partial charge in [-0.05, 0) is 19.4 Å². The van der Waals surface area contributed by atoms with Crippen molar-refractivity contribution in [1.82, 2.24) is 25.1 Å². The number of nitrogens with two attached hydrogens (primary N) is 1. The summed E-state index contributed by atoms with van der Waals surface area (Å²) in [6, 6.07) is 0. The Kier molecular flexibility index (Phi) is 3.25. The second kappa shape index (κ2) is 4.84. The average Bonchev–Trinajstić information content (AvgIpc) is 2.86. The van der Waals surface area contributed by atoms with Gasteiger partial charge in [0.1, 0.15) is 6.54 Å². The molecular weight excluding hydrogens is 208 g/mol. The molecule has 0 fully saturated rings. The zero-order valence-corrected chi connectivity index (χ0v) is 9.13. The number of aromatic nitrogens is 5. The van der Waals surface area contributed by atoms with E-state index < -0.39 is 0 Å². The van der Waals surface area contributed by atoms with E-state index in [1.165, 1.54) is 0 Å². The quantitative estimate of drug-likeness (QED) is 0.759. The molecule has 0 bridgehead atoms. The molecule has 0 aromatic carbocycles. The Hall–Kier alpha value is -1.76. The highest BCUT2D eigenvalue weighted by atomic mass is 16.5. The number of rotatable bonds is 5. The smallest absolute Gasteiger partial charge is 0.223 e. The maximum Gasteiger partial charge on any atom is 0.223 e. The Labute approximate surface area is 92.6 Å². The predicted octanol–water partition coefficient (Wildman–Crippen LogP) is -0.0909. The van der Waals surface area contributed by atoms with Gasteiger partial charge in [-0.2, -0.15) is 4.98 Å². The van der Waals surface area contributed by atoms with E-state index >= 15 is 0 Å². The zero-order valence-electron chi connectivity index (χ0n) is 9.13. The lowest BCUT2D eigenvalue weighted by atomic mass is 10.2. The van der Waals surface area contributed by atoms with Crippen LogP contribution in [0.1, 0.15) is 23.8 Å². The summed E-state index contributed by atoms with van der Waals surface area (Å²) in [5.41, 5.74) is 6.36. The van der Waals surface area contributed by atoms with Crippen LogP contribution in [-0.4, -0.2) is 31.7 Å². The van der Waals surface area contributed by atoms with Gasteiger partial charge >= 0.3 is 0 Å². The van der Waals surface area contributed by atoms with Gasteiger partial charge in [-0.15, -0.1) is 5.10 Å². The van der Waals surface area contributed by atoms with Crippen molar-refractivity contribution in [2.24, 2.45) is 5.73 Å². The van der Waals surface area contributed by atoms with E-state index in [0.717, 1.165) is 18.5 Å². The maximum atomic E-state index is 5.42. The Balaban J connectivity index is 1.97. The Bertz CT molecular complexity index is 448. The summed E-state index contributed by atoms with van der Waals surface area (Å²) in [4.78, 5) is 4.09. The predicted molar refractivity (Wildman–Crippen MR) is 55.5 cm³/mol. The number of hydrogen-bond donors (Lipinski definition) is 1. The van der Waals surface area contributed by atoms with Crippen molar-refractivity contribution in [3.63, 3.8) is 0 Å². The van der Waals surface area contributed by atoms with Gasteiger partial charge in [-0.3, -0.25) is 0 Å². The van der Waals surface area contributed by atoms with Crippen LogP contribution in [0.15, 0.2) is 10.7 Å². The minimum Gasteiger partial charge on any atom is -0.340 e. The van der Waals surface area contributed by atoms with Crippen LogP contribution < -0.4 is 5.73 Å². The lowest BCUT2D eigenvalue weighted by molar-refractivity contribution is 0.385. The molecule has 0 amide bonds. The molecule has 0 saturated carbocycles. The number of nitrogens with zero attached hydrogens (tertiary/aromatic N) is 5. The van der Waals surface area contributed by atoms with E-state index in [2.05, 4.69) is 20.5 Å². The molecule has 0 unspecified atom stereocenters. The first-order chi connectivity index (χ1) is 7.78. The van der Waals surface area contributed by atoms with Crippen LogP contribution in [0.2, 0.25) is 0 Å². The minimum atomic E-state index is 0.479. The summed E-state index contributed by atoms with van der Waals surface area (Å²) >= 11 is 0. The molecular formula is C9H14N6O. The third kappa shape index (κ3) is 2.63. The molecule has 2 N–H and O–H groups in total. The van der Waals surface area contributed by atoms with Crippen molar-refractivity contribution in [2.45, 2.75) is 26.3 Å². The molecule has 0 aliphatic heterocycles. The van der Waals surface area contributed by atoms with Crippen molar-refractivity contribution in [3.05, 3.63) is 23.6 Å². The van der Waals surface area contributed by atoms with E-state index in [1.54, 1.807) is 11.6 Å². The van der Waals surface area contributed by atoms with Gasteiger partial charge < -0.3 is 10.3 Å². The normalized spacial score (nSPS) is 10.9. The zero-order chi connectivity index (χ0) is 11.4. The van der Waals surface area contributed by atoms with Crippen LogP contribution in [0, 0.1) is 6.92 Å². The van der Waals surface area contributed by atoms with Crippen molar-refractivity contribution >= 4 is 0 Å². The molecule has 7 nitrogen and oxygen atoms in total. The van der Waals surface area contributed by atoms with Crippen LogP contribution in [0.3, 0.4) is 0 Å². The van der Waals surface area contributed by atoms with Crippen molar-refractivity contribution < 1.29 is 4.52 Å². The molecule has 86 valence electrons. The topological polar surface area (TPSA) is 95.7 Å². The summed E-state index contributed by atoms with van der Waals surface area (Å²) in [6.07, 6.45) is 3.64. The molecule has 7 heteroatoms. The second-order valence-electron chi connectivity index (χ2n) is 3.53. The van der Waals surface area contributed by atoms with E-state index in [9.17, 15) is 0 Å². The first kappa shape index (κ1) is 10.7. The van der Waals surface area contributed by atoms with Crippen LogP contribution in [-0.2, 0) is 13.0 Å². The van der Waals surface area contributed by atoms with E-state index in [-0.39, 0.29) is 0 Å². The molecule has 2 aromatic heterocycles. The molecule has 0 atom stereocenters. The van der Waals surface area contributed by atoms with Gasteiger partial charge in [0.05, 0.1) is 5.69 Å². The fourth-order valence-corrected chi connectivity index (χ4v) is 1.36. The van der Waals surface area contributed by atoms with E-state index in [1.807, 2.05) is 6.20 Å². The molecule has 2 rings (SSSR count). The summed E-state index contributed by atoms with van der Waals surface area (Å²) in [5, 5.41) is 11.8. The SMILES string of the molecule is Cc1nc(Cn2cc(CCCN)nn2)no1. The summed E-state index contributed by atoms with van der Waals surface area (Å²) < 4.78 is 6.56. The molecule has 0 saturated heterocycles. The van der Waals surface area contributed by atoms with E-state index in [0.29, 0.717) is 24.8 Å². The highest BCUT2D eigenvalue weighted by Crippen LogP contribution is 2.01. The number of hydrogen-bond acceptors (Lipinski definition) is 6. The van der Waals surface area contributed by atoms with Crippen molar-refractivity contribution in [2.75, 3.05) is 6.54 Å².